The molecule has 0 bridgehead atoms. The lowest BCUT2D eigenvalue weighted by molar-refractivity contribution is 0.669. The zero-order chi connectivity index (χ0) is 46.3. The largest absolute Gasteiger partial charge is 0.456 e. The molecule has 0 N–H and O–H groups in total. The van der Waals surface area contributed by atoms with Crippen molar-refractivity contribution in [3.8, 4) is 44.5 Å². The molecule has 2 heteroatoms. The van der Waals surface area contributed by atoms with Crippen LogP contribution in [-0.4, -0.2) is 0 Å². The highest BCUT2D eigenvalue weighted by molar-refractivity contribution is 6.19. The fourth-order valence-corrected chi connectivity index (χ4v) is 7.01. The Morgan fingerprint density at radius 2 is 0.963 bits per heavy atom. The molecule has 0 saturated heterocycles. The molecule has 1 aromatic heterocycles. The average Bonchev–Trinajstić information content (AvgIpc) is 3.75. The summed E-state index contributed by atoms with van der Waals surface area (Å²) in [7, 11) is 0. The summed E-state index contributed by atoms with van der Waals surface area (Å²) in [5.74, 6) is 0. The lowest BCUT2D eigenvalue weighted by atomic mass is 9.97. The number of fused-ring (bicyclic) bond motifs is 5. The van der Waals surface area contributed by atoms with Gasteiger partial charge in [0.15, 0.2) is 0 Å². The second-order valence-electron chi connectivity index (χ2n) is 12.8. The van der Waals surface area contributed by atoms with E-state index in [1.165, 1.54) is 0 Å². The number of furan rings is 1. The van der Waals surface area contributed by atoms with E-state index in [1.54, 1.807) is 24.3 Å². The minimum Gasteiger partial charge on any atom is -0.456 e. The lowest BCUT2D eigenvalue weighted by Gasteiger charge is -2.28. The Hall–Kier alpha value is -7.16. The standard InChI is InChI=1S/C52H35NO/c1-3-11-36(12-4-1)38-19-21-41(22-20-38)46-15-7-9-17-49(46)53(44-30-25-39(26-31-44)37-13-5-2-6-14-37)45-32-27-40(28-33-45)43-24-23-42-29-34-51-52(48(42)35-43)47-16-8-10-18-50(47)54-51/h1-35H/i2D,5D,6D,8D,10D,13D,14D,16D,18D,29D,34D,35D. The highest BCUT2D eigenvalue weighted by Crippen LogP contribution is 2.43. The highest BCUT2D eigenvalue weighted by atomic mass is 16.3. The van der Waals surface area contributed by atoms with E-state index < -0.39 is 36.3 Å². The molecule has 254 valence electrons. The summed E-state index contributed by atoms with van der Waals surface area (Å²) in [6, 6.07) is 40.5. The Bertz CT molecular complexity index is 3560. The molecule has 0 unspecified atom stereocenters. The van der Waals surface area contributed by atoms with E-state index in [0.29, 0.717) is 22.4 Å². The van der Waals surface area contributed by atoms with Crippen molar-refractivity contribution in [1.82, 2.24) is 0 Å². The van der Waals surface area contributed by atoms with Crippen LogP contribution in [0.2, 0.25) is 0 Å². The van der Waals surface area contributed by atoms with Crippen molar-refractivity contribution < 1.29 is 20.9 Å². The minimum atomic E-state index is -0.483. The molecular weight excluding hydrogens is 655 g/mol. The van der Waals surface area contributed by atoms with Gasteiger partial charge in [-0.3, -0.25) is 0 Å². The normalized spacial score (nSPS) is 14.4. The van der Waals surface area contributed by atoms with Gasteiger partial charge in [0.25, 0.3) is 0 Å². The summed E-state index contributed by atoms with van der Waals surface area (Å²) in [5.41, 5.74) is 7.79. The summed E-state index contributed by atoms with van der Waals surface area (Å²) >= 11 is 0. The molecule has 0 amide bonds. The Kier molecular flexibility index (Phi) is 5.32. The molecule has 0 radical (unpaired) electrons. The van der Waals surface area contributed by atoms with E-state index in [-0.39, 0.29) is 74.5 Å². The number of nitrogens with zero attached hydrogens (tertiary/aromatic N) is 1. The van der Waals surface area contributed by atoms with E-state index in [1.807, 2.05) is 78.9 Å². The number of benzene rings is 9. The first-order valence-corrected chi connectivity index (χ1v) is 17.4. The van der Waals surface area contributed by atoms with E-state index in [2.05, 4.69) is 41.3 Å². The molecule has 54 heavy (non-hydrogen) atoms. The van der Waals surface area contributed by atoms with Gasteiger partial charge in [0.2, 0.25) is 0 Å². The zero-order valence-corrected chi connectivity index (χ0v) is 28.6. The summed E-state index contributed by atoms with van der Waals surface area (Å²) in [4.78, 5) is 2.06. The number of para-hydroxylation sites is 2. The predicted octanol–water partition coefficient (Wildman–Crippen LogP) is 14.9. The van der Waals surface area contributed by atoms with Crippen LogP contribution in [0, 0.1) is 0 Å². The van der Waals surface area contributed by atoms with Crippen LogP contribution in [0.1, 0.15) is 16.4 Å². The van der Waals surface area contributed by atoms with Crippen LogP contribution in [0.15, 0.2) is 216 Å². The van der Waals surface area contributed by atoms with Crippen LogP contribution < -0.4 is 4.90 Å². The minimum absolute atomic E-state index is 0.00162. The van der Waals surface area contributed by atoms with Crippen LogP contribution in [0.5, 0.6) is 0 Å². The van der Waals surface area contributed by atoms with Crippen LogP contribution in [0.4, 0.5) is 17.1 Å². The Morgan fingerprint density at radius 1 is 0.389 bits per heavy atom. The monoisotopic (exact) mass is 701 g/mol. The molecule has 0 aliphatic heterocycles. The van der Waals surface area contributed by atoms with Crippen molar-refractivity contribution in [1.29, 1.82) is 0 Å². The van der Waals surface area contributed by atoms with E-state index >= 15 is 0 Å². The van der Waals surface area contributed by atoms with Crippen molar-refractivity contribution >= 4 is 49.8 Å². The molecule has 0 saturated carbocycles. The van der Waals surface area contributed by atoms with Crippen molar-refractivity contribution in [2.45, 2.75) is 0 Å². The van der Waals surface area contributed by atoms with Crippen molar-refractivity contribution in [2.75, 3.05) is 4.90 Å². The second-order valence-corrected chi connectivity index (χ2v) is 12.8. The van der Waals surface area contributed by atoms with Crippen LogP contribution in [-0.2, 0) is 0 Å². The van der Waals surface area contributed by atoms with Crippen LogP contribution >= 0.6 is 0 Å². The van der Waals surface area contributed by atoms with Gasteiger partial charge in [0.1, 0.15) is 11.2 Å². The van der Waals surface area contributed by atoms with Crippen molar-refractivity contribution in [2.24, 2.45) is 0 Å². The maximum absolute atomic E-state index is 9.57. The molecule has 1 heterocycles. The number of rotatable bonds is 7. The lowest BCUT2D eigenvalue weighted by Crippen LogP contribution is -2.11. The molecular formula is C52H35NO. The molecule has 0 fully saturated rings. The third-order valence-electron chi connectivity index (χ3n) is 9.64. The SMILES string of the molecule is [2H]c1c([2H])c([2H])c(-c2ccc(N(c3ccc(-c4ccc5c([2H])c([2H])c6oc7c([2H])c([2H])c([2H])c([2H])c7c6c5c4[2H])cc3)c3ccccc3-c3ccc(-c4ccccc4)cc3)cc2)c([2H])c1[2H]. The van der Waals surface area contributed by atoms with E-state index in [4.69, 9.17) is 19.5 Å². The number of hydrogen-bond acceptors (Lipinski definition) is 2. The fraction of sp³-hybridized carbons (Fsp3) is 0. The molecule has 0 aliphatic rings. The first-order valence-electron chi connectivity index (χ1n) is 23.4. The summed E-state index contributed by atoms with van der Waals surface area (Å²) in [5, 5.41) is 0.754. The Morgan fingerprint density at radius 3 is 1.72 bits per heavy atom. The van der Waals surface area contributed by atoms with Gasteiger partial charge in [0, 0.05) is 27.7 Å². The molecule has 0 spiro atoms. The Labute approximate surface area is 331 Å². The first kappa shape index (κ1) is 21.4. The first-order chi connectivity index (χ1) is 31.8. The highest BCUT2D eigenvalue weighted by Gasteiger charge is 2.18. The van der Waals surface area contributed by atoms with Gasteiger partial charge in [-0.2, -0.15) is 0 Å². The smallest absolute Gasteiger partial charge is 0.136 e. The maximum Gasteiger partial charge on any atom is 0.136 e. The van der Waals surface area contributed by atoms with Gasteiger partial charge < -0.3 is 9.32 Å². The Balaban J connectivity index is 1.12. The summed E-state index contributed by atoms with van der Waals surface area (Å²) in [6.07, 6.45) is 0. The summed E-state index contributed by atoms with van der Waals surface area (Å²) in [6.45, 7) is 0. The zero-order valence-electron chi connectivity index (χ0n) is 40.6. The van der Waals surface area contributed by atoms with Gasteiger partial charge in [0.05, 0.1) is 22.1 Å². The maximum atomic E-state index is 9.57. The van der Waals surface area contributed by atoms with Gasteiger partial charge in [-0.25, -0.2) is 0 Å². The second kappa shape index (κ2) is 13.4. The summed E-state index contributed by atoms with van der Waals surface area (Å²) < 4.78 is 109. The van der Waals surface area contributed by atoms with Crippen LogP contribution in [0.25, 0.3) is 77.2 Å². The molecule has 10 rings (SSSR count). The van der Waals surface area contributed by atoms with Gasteiger partial charge >= 0.3 is 0 Å². The van der Waals surface area contributed by atoms with Gasteiger partial charge in [-0.05, 0) is 98.2 Å². The number of hydrogen-bond donors (Lipinski definition) is 0. The predicted molar refractivity (Wildman–Crippen MR) is 228 cm³/mol. The van der Waals surface area contributed by atoms with Gasteiger partial charge in [-0.15, -0.1) is 0 Å². The average molecular weight is 702 g/mol. The third kappa shape index (κ3) is 5.71. The van der Waals surface area contributed by atoms with Crippen molar-refractivity contribution in [3.05, 3.63) is 212 Å². The molecule has 2 nitrogen and oxygen atoms in total. The molecule has 10 aromatic rings. The van der Waals surface area contributed by atoms with Gasteiger partial charge in [-0.1, -0.05) is 164 Å². The quantitative estimate of drug-likeness (QED) is 0.164. The van der Waals surface area contributed by atoms with Crippen LogP contribution in [0.3, 0.4) is 0 Å². The van der Waals surface area contributed by atoms with E-state index in [0.717, 1.165) is 33.6 Å². The molecule has 0 aliphatic carbocycles. The topological polar surface area (TPSA) is 16.4 Å². The molecule has 0 atom stereocenters. The number of anilines is 3. The molecule has 9 aromatic carbocycles. The van der Waals surface area contributed by atoms with E-state index in [9.17, 15) is 1.37 Å². The third-order valence-corrected chi connectivity index (χ3v) is 9.64. The van der Waals surface area contributed by atoms with Crippen molar-refractivity contribution in [3.63, 3.8) is 0 Å². The fourth-order valence-electron chi connectivity index (χ4n) is 7.01.